The van der Waals surface area contributed by atoms with Gasteiger partial charge in [-0.25, -0.2) is 0 Å². The zero-order valence-electron chi connectivity index (χ0n) is 21.3. The first-order valence-corrected chi connectivity index (χ1v) is 12.1. The normalized spacial score (nSPS) is 30.2. The quantitative estimate of drug-likeness (QED) is 0.487. The van der Waals surface area contributed by atoms with Crippen LogP contribution in [0.1, 0.15) is 91.8 Å². The molecule has 3 aliphatic carbocycles. The number of hydrogen-bond acceptors (Lipinski definition) is 4. The number of phenolic OH excluding ortho intramolecular Hbond substituents is 1. The molecule has 0 aliphatic heterocycles. The lowest BCUT2D eigenvalue weighted by Crippen LogP contribution is -2.69. The third-order valence-electron chi connectivity index (χ3n) is 8.27. The zero-order valence-corrected chi connectivity index (χ0v) is 21.3. The second-order valence-electron chi connectivity index (χ2n) is 13.0. The molecule has 0 saturated heterocycles. The van der Waals surface area contributed by atoms with Crippen molar-refractivity contribution in [2.45, 2.75) is 104 Å². The average molecular weight is 431 g/mol. The molecular weight excluding hydrogens is 384 g/mol. The Bertz CT molecular complexity index is 799. The Balaban J connectivity index is 1.59. The highest BCUT2D eigenvalue weighted by molar-refractivity contribution is 5.48. The Morgan fingerprint density at radius 2 is 1.61 bits per heavy atom. The Morgan fingerprint density at radius 1 is 0.968 bits per heavy atom. The highest BCUT2D eigenvalue weighted by Gasteiger charge is 2.62. The largest absolute Gasteiger partial charge is 0.507 e. The van der Waals surface area contributed by atoms with Gasteiger partial charge in [0, 0.05) is 31.2 Å². The van der Waals surface area contributed by atoms with Crippen LogP contribution in [0, 0.1) is 17.3 Å². The van der Waals surface area contributed by atoms with Crippen molar-refractivity contribution in [1.82, 2.24) is 10.6 Å². The minimum absolute atomic E-state index is 0.0329. The van der Waals surface area contributed by atoms with Crippen molar-refractivity contribution in [3.05, 3.63) is 28.8 Å². The summed E-state index contributed by atoms with van der Waals surface area (Å²) in [6, 6.07) is 4.47. The predicted octanol–water partition coefficient (Wildman–Crippen LogP) is 4.85. The van der Waals surface area contributed by atoms with Crippen LogP contribution < -0.4 is 10.6 Å². The summed E-state index contributed by atoms with van der Waals surface area (Å²) in [4.78, 5) is 0. The van der Waals surface area contributed by atoms with Gasteiger partial charge in [0.1, 0.15) is 5.75 Å². The lowest BCUT2D eigenvalue weighted by Gasteiger charge is -2.65. The maximum absolute atomic E-state index is 11.1. The highest BCUT2D eigenvalue weighted by atomic mass is 16.3. The van der Waals surface area contributed by atoms with E-state index in [1.165, 1.54) is 5.56 Å². The molecule has 4 N–H and O–H groups in total. The van der Waals surface area contributed by atoms with Gasteiger partial charge in [-0.3, -0.25) is 0 Å². The third-order valence-corrected chi connectivity index (χ3v) is 8.27. The van der Waals surface area contributed by atoms with Crippen LogP contribution in [0.2, 0.25) is 0 Å². The summed E-state index contributed by atoms with van der Waals surface area (Å²) in [5.41, 5.74) is 2.78. The molecule has 31 heavy (non-hydrogen) atoms. The van der Waals surface area contributed by atoms with Crippen molar-refractivity contribution in [3.63, 3.8) is 0 Å². The third kappa shape index (κ3) is 4.67. The zero-order chi connectivity index (χ0) is 23.4. The molecular formula is C27H46N2O2. The van der Waals surface area contributed by atoms with Crippen LogP contribution >= 0.6 is 0 Å². The molecule has 0 radical (unpaired) electrons. The van der Waals surface area contributed by atoms with E-state index in [4.69, 9.17) is 0 Å². The van der Waals surface area contributed by atoms with E-state index in [1.54, 1.807) is 0 Å². The molecule has 4 rings (SSSR count). The number of aliphatic hydroxyl groups is 1. The minimum atomic E-state index is -0.640. The van der Waals surface area contributed by atoms with E-state index in [0.717, 1.165) is 43.0 Å². The molecule has 176 valence electrons. The second-order valence-corrected chi connectivity index (χ2v) is 13.0. The monoisotopic (exact) mass is 430 g/mol. The molecule has 1 aromatic carbocycles. The lowest BCUT2D eigenvalue weighted by molar-refractivity contribution is -0.209. The summed E-state index contributed by atoms with van der Waals surface area (Å²) in [6.45, 7) is 22.0. The highest BCUT2D eigenvalue weighted by Crippen LogP contribution is 2.62. The first kappa shape index (κ1) is 24.5. The van der Waals surface area contributed by atoms with Crippen molar-refractivity contribution >= 4 is 0 Å². The lowest BCUT2D eigenvalue weighted by atomic mass is 9.43. The summed E-state index contributed by atoms with van der Waals surface area (Å²) in [7, 11) is 0. The summed E-state index contributed by atoms with van der Waals surface area (Å²) >= 11 is 0. The molecule has 0 unspecified atom stereocenters. The Labute approximate surface area is 190 Å². The van der Waals surface area contributed by atoms with Crippen molar-refractivity contribution < 1.29 is 10.2 Å². The van der Waals surface area contributed by atoms with Gasteiger partial charge in [-0.15, -0.1) is 0 Å². The number of hydrogen-bond donors (Lipinski definition) is 4. The van der Waals surface area contributed by atoms with Gasteiger partial charge in [-0.05, 0) is 59.0 Å². The molecule has 0 heterocycles. The van der Waals surface area contributed by atoms with Gasteiger partial charge in [0.2, 0.25) is 0 Å². The van der Waals surface area contributed by atoms with Gasteiger partial charge >= 0.3 is 0 Å². The summed E-state index contributed by atoms with van der Waals surface area (Å²) < 4.78 is 0. The number of rotatable bonds is 6. The van der Waals surface area contributed by atoms with Crippen LogP contribution in [0.3, 0.4) is 0 Å². The van der Waals surface area contributed by atoms with E-state index in [-0.39, 0.29) is 22.3 Å². The fraction of sp³-hybridized carbons (Fsp3) is 0.778. The molecule has 0 spiro atoms. The molecule has 3 fully saturated rings. The fourth-order valence-electron chi connectivity index (χ4n) is 5.86. The molecule has 4 nitrogen and oxygen atoms in total. The Morgan fingerprint density at radius 3 is 2.13 bits per heavy atom. The SMILES string of the molecule is CC(C)(C)c1cc(CNCCN[C@@H]2C[C@H]3C[C@H](C3(C)C)[C@@]2(C)O)c(O)c(C(C)(C)C)c1. The molecule has 4 atom stereocenters. The number of benzene rings is 1. The Hall–Kier alpha value is -1.10. The van der Waals surface area contributed by atoms with E-state index < -0.39 is 5.60 Å². The predicted molar refractivity (Wildman–Crippen MR) is 130 cm³/mol. The fourth-order valence-corrected chi connectivity index (χ4v) is 5.86. The van der Waals surface area contributed by atoms with E-state index in [9.17, 15) is 10.2 Å². The summed E-state index contributed by atoms with van der Waals surface area (Å²) in [5, 5.41) is 29.2. The van der Waals surface area contributed by atoms with Crippen LogP contribution in [0.25, 0.3) is 0 Å². The molecule has 0 amide bonds. The van der Waals surface area contributed by atoms with Crippen molar-refractivity contribution in [3.8, 4) is 5.75 Å². The van der Waals surface area contributed by atoms with E-state index >= 15 is 0 Å². The van der Waals surface area contributed by atoms with Crippen LogP contribution in [0.5, 0.6) is 5.75 Å². The summed E-state index contributed by atoms with van der Waals surface area (Å²) in [6.07, 6.45) is 2.22. The molecule has 1 aromatic rings. The van der Waals surface area contributed by atoms with Crippen molar-refractivity contribution in [2.75, 3.05) is 13.1 Å². The van der Waals surface area contributed by atoms with Gasteiger partial charge in [-0.1, -0.05) is 67.5 Å². The van der Waals surface area contributed by atoms with Crippen LogP contribution in [0.4, 0.5) is 0 Å². The minimum Gasteiger partial charge on any atom is -0.507 e. The maximum Gasteiger partial charge on any atom is 0.123 e. The van der Waals surface area contributed by atoms with E-state index in [2.05, 4.69) is 78.2 Å². The number of fused-ring (bicyclic) bond motifs is 2. The number of aromatic hydroxyl groups is 1. The van der Waals surface area contributed by atoms with Gasteiger partial charge in [-0.2, -0.15) is 0 Å². The van der Waals surface area contributed by atoms with Gasteiger partial charge in [0.25, 0.3) is 0 Å². The van der Waals surface area contributed by atoms with E-state index in [1.807, 2.05) is 6.92 Å². The molecule has 4 heteroatoms. The van der Waals surface area contributed by atoms with Crippen LogP contribution in [-0.2, 0) is 17.4 Å². The number of phenols is 1. The van der Waals surface area contributed by atoms with Crippen molar-refractivity contribution in [2.24, 2.45) is 17.3 Å². The van der Waals surface area contributed by atoms with Gasteiger partial charge in [0.15, 0.2) is 0 Å². The second kappa shape index (κ2) is 8.04. The Kier molecular flexibility index (Phi) is 6.36. The first-order chi connectivity index (χ1) is 14.1. The maximum atomic E-state index is 11.1. The van der Waals surface area contributed by atoms with Crippen molar-refractivity contribution in [1.29, 1.82) is 0 Å². The molecule has 0 aromatic heterocycles. The molecule has 2 bridgehead atoms. The van der Waals surface area contributed by atoms with E-state index in [0.29, 0.717) is 18.2 Å². The first-order valence-electron chi connectivity index (χ1n) is 12.1. The average Bonchev–Trinajstić information content (AvgIpc) is 2.60. The van der Waals surface area contributed by atoms with Gasteiger partial charge in [0.05, 0.1) is 5.60 Å². The standard InChI is InChI=1S/C27H46N2O2/c1-24(2,3)18-12-17(23(30)20(13-18)25(4,5)6)16-28-10-11-29-22-15-19-14-21(26(19,7)8)27(22,9)31/h12-13,19,21-22,28-31H,10-11,14-16H2,1-9H3/t19-,21-,22-,27-/m1/s1. The number of nitrogens with one attached hydrogen (secondary N) is 2. The summed E-state index contributed by atoms with van der Waals surface area (Å²) in [5.74, 6) is 1.52. The van der Waals surface area contributed by atoms with Crippen LogP contribution in [-0.4, -0.2) is 34.9 Å². The molecule has 3 aliphatic rings. The van der Waals surface area contributed by atoms with Gasteiger partial charge < -0.3 is 20.8 Å². The topological polar surface area (TPSA) is 64.5 Å². The van der Waals surface area contributed by atoms with Crippen LogP contribution in [0.15, 0.2) is 12.1 Å². The molecule has 3 saturated carbocycles. The smallest absolute Gasteiger partial charge is 0.123 e.